The van der Waals surface area contributed by atoms with E-state index < -0.39 is 0 Å². The zero-order chi connectivity index (χ0) is 12.8. The fraction of sp³-hybridized carbons (Fsp3) is 0.200. The van der Waals surface area contributed by atoms with Gasteiger partial charge in [0.05, 0.1) is 6.61 Å². The van der Waals surface area contributed by atoms with Crippen LogP contribution in [-0.2, 0) is 0 Å². The molecule has 0 aliphatic heterocycles. The van der Waals surface area contributed by atoms with Crippen LogP contribution in [0.3, 0.4) is 0 Å². The summed E-state index contributed by atoms with van der Waals surface area (Å²) < 4.78 is 5.61. The number of thiol groups is 1. The van der Waals surface area contributed by atoms with Crippen molar-refractivity contribution in [2.75, 3.05) is 6.61 Å². The number of benzene rings is 2. The molecule has 0 aliphatic rings. The highest BCUT2D eigenvalue weighted by molar-refractivity contribution is 7.80. The van der Waals surface area contributed by atoms with E-state index >= 15 is 0 Å². The molecule has 2 nitrogen and oxygen atoms in total. The summed E-state index contributed by atoms with van der Waals surface area (Å²) in [6, 6.07) is 17.0. The van der Waals surface area contributed by atoms with E-state index in [9.17, 15) is 5.11 Å². The highest BCUT2D eigenvalue weighted by Crippen LogP contribution is 2.30. The molecule has 2 rings (SSSR count). The second-order valence-electron chi connectivity index (χ2n) is 4.02. The molecular formula is C15H16O2S. The highest BCUT2D eigenvalue weighted by Gasteiger charge is 2.10. The number of rotatable bonds is 5. The van der Waals surface area contributed by atoms with Gasteiger partial charge in [-0.05, 0) is 24.6 Å². The molecule has 0 saturated heterocycles. The third kappa shape index (κ3) is 3.44. The van der Waals surface area contributed by atoms with Crippen LogP contribution in [0.4, 0.5) is 0 Å². The Labute approximate surface area is 113 Å². The Morgan fingerprint density at radius 2 is 1.67 bits per heavy atom. The minimum Gasteiger partial charge on any atom is -0.508 e. The lowest BCUT2D eigenvalue weighted by atomic mass is 10.1. The highest BCUT2D eigenvalue weighted by atomic mass is 32.1. The molecule has 1 unspecified atom stereocenters. The summed E-state index contributed by atoms with van der Waals surface area (Å²) in [5.41, 5.74) is 0.845. The summed E-state index contributed by atoms with van der Waals surface area (Å²) in [6.45, 7) is 0.576. The van der Waals surface area contributed by atoms with Gasteiger partial charge in [-0.25, -0.2) is 0 Å². The molecule has 3 heteroatoms. The zero-order valence-electron chi connectivity index (χ0n) is 9.99. The van der Waals surface area contributed by atoms with Gasteiger partial charge in [-0.15, -0.1) is 0 Å². The molecule has 0 bridgehead atoms. The second-order valence-corrected chi connectivity index (χ2v) is 4.65. The van der Waals surface area contributed by atoms with Gasteiger partial charge in [-0.3, -0.25) is 0 Å². The van der Waals surface area contributed by atoms with Gasteiger partial charge in [-0.2, -0.15) is 12.6 Å². The maximum absolute atomic E-state index is 9.71. The van der Waals surface area contributed by atoms with Gasteiger partial charge in [-0.1, -0.05) is 36.4 Å². The number of aromatic hydroxyl groups is 1. The lowest BCUT2D eigenvalue weighted by Gasteiger charge is -2.13. The van der Waals surface area contributed by atoms with Crippen molar-refractivity contribution in [3.05, 3.63) is 60.2 Å². The minimum atomic E-state index is -0.0186. The second kappa shape index (κ2) is 6.36. The topological polar surface area (TPSA) is 29.5 Å². The fourth-order valence-electron chi connectivity index (χ4n) is 1.73. The molecule has 0 radical (unpaired) electrons. The van der Waals surface area contributed by atoms with E-state index in [1.807, 2.05) is 42.5 Å². The van der Waals surface area contributed by atoms with E-state index in [1.165, 1.54) is 0 Å². The molecule has 18 heavy (non-hydrogen) atoms. The average molecular weight is 260 g/mol. The van der Waals surface area contributed by atoms with Crippen LogP contribution in [-0.4, -0.2) is 11.7 Å². The van der Waals surface area contributed by atoms with Crippen molar-refractivity contribution in [2.24, 2.45) is 0 Å². The SMILES string of the molecule is Oc1ccccc1C(S)CCOc1ccccc1. The molecule has 2 aromatic carbocycles. The molecule has 0 saturated carbocycles. The lowest BCUT2D eigenvalue weighted by Crippen LogP contribution is -2.02. The first-order chi connectivity index (χ1) is 8.77. The lowest BCUT2D eigenvalue weighted by molar-refractivity contribution is 0.309. The third-order valence-corrected chi connectivity index (χ3v) is 3.24. The quantitative estimate of drug-likeness (QED) is 0.800. The predicted octanol–water partition coefficient (Wildman–Crippen LogP) is 3.83. The maximum Gasteiger partial charge on any atom is 0.119 e. The van der Waals surface area contributed by atoms with Crippen LogP contribution in [0.2, 0.25) is 0 Å². The van der Waals surface area contributed by atoms with Crippen LogP contribution in [0, 0.1) is 0 Å². The first kappa shape index (κ1) is 12.8. The summed E-state index contributed by atoms with van der Waals surface area (Å²) >= 11 is 4.50. The minimum absolute atomic E-state index is 0.0186. The van der Waals surface area contributed by atoms with Crippen LogP contribution >= 0.6 is 12.6 Å². The maximum atomic E-state index is 9.71. The molecule has 0 aliphatic carbocycles. The van der Waals surface area contributed by atoms with Gasteiger partial charge in [0, 0.05) is 10.8 Å². The molecule has 0 spiro atoms. The van der Waals surface area contributed by atoms with E-state index in [-0.39, 0.29) is 11.0 Å². The van der Waals surface area contributed by atoms with Crippen molar-refractivity contribution in [3.63, 3.8) is 0 Å². The van der Waals surface area contributed by atoms with Gasteiger partial charge in [0.2, 0.25) is 0 Å². The number of ether oxygens (including phenoxy) is 1. The standard InChI is InChI=1S/C15H16O2S/c16-14-9-5-4-8-13(14)15(18)10-11-17-12-6-2-1-3-7-12/h1-9,15-16,18H,10-11H2. The van der Waals surface area contributed by atoms with Gasteiger partial charge < -0.3 is 9.84 Å². The van der Waals surface area contributed by atoms with Crippen molar-refractivity contribution in [1.29, 1.82) is 0 Å². The smallest absolute Gasteiger partial charge is 0.119 e. The van der Waals surface area contributed by atoms with Crippen molar-refractivity contribution < 1.29 is 9.84 Å². The largest absolute Gasteiger partial charge is 0.508 e. The van der Waals surface area contributed by atoms with E-state index in [2.05, 4.69) is 12.6 Å². The molecule has 2 aromatic rings. The Hall–Kier alpha value is -1.61. The van der Waals surface area contributed by atoms with Crippen molar-refractivity contribution in [1.82, 2.24) is 0 Å². The van der Waals surface area contributed by atoms with Crippen LogP contribution in [0.1, 0.15) is 17.2 Å². The van der Waals surface area contributed by atoms with Gasteiger partial charge >= 0.3 is 0 Å². The first-order valence-corrected chi connectivity index (χ1v) is 6.43. The van der Waals surface area contributed by atoms with Crippen LogP contribution in [0.15, 0.2) is 54.6 Å². The Kier molecular flexibility index (Phi) is 4.53. The number of phenolic OH excluding ortho intramolecular Hbond substituents is 1. The van der Waals surface area contributed by atoms with Crippen molar-refractivity contribution in [2.45, 2.75) is 11.7 Å². The van der Waals surface area contributed by atoms with E-state index in [0.29, 0.717) is 6.61 Å². The normalized spacial score (nSPS) is 12.1. The number of hydrogen-bond donors (Lipinski definition) is 2. The molecule has 1 atom stereocenters. The average Bonchev–Trinajstić information content (AvgIpc) is 2.40. The van der Waals surface area contributed by atoms with Crippen molar-refractivity contribution in [3.8, 4) is 11.5 Å². The molecule has 0 heterocycles. The molecule has 1 N–H and O–H groups in total. The zero-order valence-corrected chi connectivity index (χ0v) is 10.9. The summed E-state index contributed by atoms with van der Waals surface area (Å²) in [4.78, 5) is 0. The third-order valence-electron chi connectivity index (χ3n) is 2.70. The molecule has 0 amide bonds. The van der Waals surface area contributed by atoms with E-state index in [0.717, 1.165) is 17.7 Å². The van der Waals surface area contributed by atoms with Crippen molar-refractivity contribution >= 4 is 12.6 Å². The summed E-state index contributed by atoms with van der Waals surface area (Å²) in [6.07, 6.45) is 0.746. The Morgan fingerprint density at radius 1 is 1.00 bits per heavy atom. The molecular weight excluding hydrogens is 244 g/mol. The number of phenols is 1. The fourth-order valence-corrected chi connectivity index (χ4v) is 2.05. The first-order valence-electron chi connectivity index (χ1n) is 5.91. The Balaban J connectivity index is 1.86. The molecule has 0 aromatic heterocycles. The Morgan fingerprint density at radius 3 is 2.39 bits per heavy atom. The van der Waals surface area contributed by atoms with Gasteiger partial charge in [0.25, 0.3) is 0 Å². The Bertz CT molecular complexity index is 485. The van der Waals surface area contributed by atoms with E-state index in [1.54, 1.807) is 12.1 Å². The van der Waals surface area contributed by atoms with E-state index in [4.69, 9.17) is 4.74 Å². The van der Waals surface area contributed by atoms with Gasteiger partial charge in [0.1, 0.15) is 11.5 Å². The monoisotopic (exact) mass is 260 g/mol. The van der Waals surface area contributed by atoms with Crippen LogP contribution in [0.25, 0.3) is 0 Å². The summed E-state index contributed by atoms with van der Waals surface area (Å²) in [5.74, 6) is 1.15. The van der Waals surface area contributed by atoms with Gasteiger partial charge in [0.15, 0.2) is 0 Å². The van der Waals surface area contributed by atoms with Crippen LogP contribution in [0.5, 0.6) is 11.5 Å². The summed E-state index contributed by atoms with van der Waals surface area (Å²) in [7, 11) is 0. The number of hydrogen-bond acceptors (Lipinski definition) is 3. The molecule has 94 valence electrons. The number of para-hydroxylation sites is 2. The predicted molar refractivity (Wildman–Crippen MR) is 76.4 cm³/mol. The molecule has 0 fully saturated rings. The van der Waals surface area contributed by atoms with Crippen LogP contribution < -0.4 is 4.74 Å². The summed E-state index contributed by atoms with van der Waals surface area (Å²) in [5, 5.41) is 9.69.